The normalized spacial score (nSPS) is 13.3. The molecule has 0 bridgehead atoms. The lowest BCUT2D eigenvalue weighted by Gasteiger charge is -2.17. The Kier molecular flexibility index (Phi) is 6.78. The molecule has 4 aromatic rings. The second-order valence-electron chi connectivity index (χ2n) is 8.58. The molecule has 10 nitrogen and oxygen atoms in total. The number of amides is 1. The highest BCUT2D eigenvalue weighted by molar-refractivity contribution is 5.96. The van der Waals surface area contributed by atoms with Crippen molar-refractivity contribution in [1.29, 1.82) is 0 Å². The van der Waals surface area contributed by atoms with Crippen LogP contribution in [-0.2, 0) is 28.9 Å². The maximum Gasteiger partial charge on any atom is 0.259 e. The number of ether oxygens (including phenoxy) is 2. The second kappa shape index (κ2) is 10.3. The number of methoxy groups -OCH3 is 2. The minimum atomic E-state index is -0.906. The van der Waals surface area contributed by atoms with Crippen molar-refractivity contribution in [3.8, 4) is 17.3 Å². The Labute approximate surface area is 212 Å². The van der Waals surface area contributed by atoms with Gasteiger partial charge in [0.2, 0.25) is 5.75 Å². The quantitative estimate of drug-likeness (QED) is 0.375. The van der Waals surface area contributed by atoms with Gasteiger partial charge in [0.25, 0.3) is 5.91 Å². The van der Waals surface area contributed by atoms with Crippen LogP contribution in [0, 0.1) is 5.82 Å². The van der Waals surface area contributed by atoms with E-state index in [2.05, 4.69) is 20.3 Å². The average molecular weight is 504 g/mol. The van der Waals surface area contributed by atoms with E-state index in [1.165, 1.54) is 20.3 Å². The van der Waals surface area contributed by atoms with E-state index in [-0.39, 0.29) is 35.6 Å². The van der Waals surface area contributed by atoms with Gasteiger partial charge in [-0.1, -0.05) is 18.2 Å². The van der Waals surface area contributed by atoms with E-state index in [1.54, 1.807) is 47.4 Å². The van der Waals surface area contributed by atoms with Crippen molar-refractivity contribution in [1.82, 2.24) is 24.7 Å². The monoisotopic (exact) mass is 503 g/mol. The number of anilines is 2. The van der Waals surface area contributed by atoms with E-state index in [9.17, 15) is 9.18 Å². The highest BCUT2D eigenvalue weighted by atomic mass is 19.1. The van der Waals surface area contributed by atoms with Gasteiger partial charge in [-0.2, -0.15) is 5.10 Å². The third-order valence-electron chi connectivity index (χ3n) is 6.32. The first-order valence-corrected chi connectivity index (χ1v) is 11.8. The van der Waals surface area contributed by atoms with Crippen molar-refractivity contribution in [3.63, 3.8) is 0 Å². The molecule has 0 radical (unpaired) electrons. The minimum absolute atomic E-state index is 0.0519. The van der Waals surface area contributed by atoms with Crippen molar-refractivity contribution >= 4 is 17.5 Å². The fourth-order valence-electron chi connectivity index (χ4n) is 4.58. The zero-order chi connectivity index (χ0) is 25.9. The summed E-state index contributed by atoms with van der Waals surface area (Å²) >= 11 is 0. The van der Waals surface area contributed by atoms with Crippen LogP contribution in [0.4, 0.5) is 16.0 Å². The van der Waals surface area contributed by atoms with Crippen molar-refractivity contribution in [2.24, 2.45) is 0 Å². The van der Waals surface area contributed by atoms with Gasteiger partial charge in [-0.15, -0.1) is 0 Å². The molecule has 1 aliphatic rings. The first-order chi connectivity index (χ1) is 18.0. The lowest BCUT2D eigenvalue weighted by Crippen LogP contribution is -2.24. The highest BCUT2D eigenvalue weighted by Gasteiger charge is 2.28. The molecule has 3 aromatic heterocycles. The number of rotatable bonds is 8. The van der Waals surface area contributed by atoms with Gasteiger partial charge in [0, 0.05) is 36.3 Å². The summed E-state index contributed by atoms with van der Waals surface area (Å²) in [4.78, 5) is 26.1. The van der Waals surface area contributed by atoms with Crippen LogP contribution in [0.25, 0.3) is 11.5 Å². The molecule has 3 heterocycles. The standard InChI is InChI=1S/C26H26FN7O3/c1-36-21(15-10-12-29-13-11-15)26(35)32-25-22(37-2)23(28)30-24(31-25)20-17-7-5-9-19(17)34(33-20)14-16-6-3-4-8-18(16)27/h3-4,6,8,10-13,21H,5,7,9,14H2,1-2H3,(H3,28,30,31,32,35). The Bertz CT molecular complexity index is 1440. The van der Waals surface area contributed by atoms with E-state index < -0.39 is 12.0 Å². The molecule has 37 heavy (non-hydrogen) atoms. The van der Waals surface area contributed by atoms with Gasteiger partial charge in [0.05, 0.1) is 13.7 Å². The van der Waals surface area contributed by atoms with Crippen LogP contribution in [0.1, 0.15) is 34.9 Å². The predicted octanol–water partition coefficient (Wildman–Crippen LogP) is 3.33. The summed E-state index contributed by atoms with van der Waals surface area (Å²) in [6.07, 6.45) is 4.79. The summed E-state index contributed by atoms with van der Waals surface area (Å²) in [5, 5.41) is 7.50. The van der Waals surface area contributed by atoms with Crippen LogP contribution >= 0.6 is 0 Å². The number of fused-ring (bicyclic) bond motifs is 1. The predicted molar refractivity (Wildman–Crippen MR) is 134 cm³/mol. The third kappa shape index (κ3) is 4.73. The summed E-state index contributed by atoms with van der Waals surface area (Å²) in [5.41, 5.74) is 9.92. The molecule has 0 aliphatic heterocycles. The summed E-state index contributed by atoms with van der Waals surface area (Å²) in [6, 6.07) is 10.0. The van der Waals surface area contributed by atoms with Crippen LogP contribution in [0.5, 0.6) is 5.75 Å². The first-order valence-electron chi connectivity index (χ1n) is 11.8. The van der Waals surface area contributed by atoms with Gasteiger partial charge < -0.3 is 20.5 Å². The third-order valence-corrected chi connectivity index (χ3v) is 6.32. The van der Waals surface area contributed by atoms with Crippen LogP contribution in [0.2, 0.25) is 0 Å². The summed E-state index contributed by atoms with van der Waals surface area (Å²) in [6.45, 7) is 0.283. The Morgan fingerprint density at radius 2 is 1.95 bits per heavy atom. The topological polar surface area (TPSA) is 130 Å². The Balaban J connectivity index is 1.51. The average Bonchev–Trinajstić information content (AvgIpc) is 3.50. The molecule has 1 unspecified atom stereocenters. The van der Waals surface area contributed by atoms with E-state index in [0.29, 0.717) is 16.8 Å². The van der Waals surface area contributed by atoms with E-state index in [0.717, 1.165) is 30.5 Å². The van der Waals surface area contributed by atoms with Crippen molar-refractivity contribution in [3.05, 3.63) is 77.0 Å². The molecule has 0 fully saturated rings. The number of nitrogen functional groups attached to an aromatic ring is 1. The van der Waals surface area contributed by atoms with Crippen molar-refractivity contribution < 1.29 is 18.7 Å². The molecule has 1 amide bonds. The van der Waals surface area contributed by atoms with Crippen LogP contribution in [-0.4, -0.2) is 44.9 Å². The maximum atomic E-state index is 14.3. The number of nitrogens with zero attached hydrogens (tertiary/aromatic N) is 5. The van der Waals surface area contributed by atoms with Gasteiger partial charge in [0.1, 0.15) is 11.5 Å². The molecule has 1 aliphatic carbocycles. The van der Waals surface area contributed by atoms with Gasteiger partial charge >= 0.3 is 0 Å². The zero-order valence-corrected chi connectivity index (χ0v) is 20.4. The van der Waals surface area contributed by atoms with Gasteiger partial charge in [-0.25, -0.2) is 14.4 Å². The van der Waals surface area contributed by atoms with Gasteiger partial charge in [-0.05, 0) is 43.0 Å². The number of carbonyl (C=O) groups excluding carboxylic acids is 1. The molecule has 5 rings (SSSR count). The molecular weight excluding hydrogens is 477 g/mol. The maximum absolute atomic E-state index is 14.3. The molecule has 1 aromatic carbocycles. The van der Waals surface area contributed by atoms with Crippen molar-refractivity contribution in [2.75, 3.05) is 25.3 Å². The zero-order valence-electron chi connectivity index (χ0n) is 20.4. The molecular formula is C26H26FN7O3. The highest BCUT2D eigenvalue weighted by Crippen LogP contribution is 2.36. The van der Waals surface area contributed by atoms with Crippen LogP contribution in [0.15, 0.2) is 48.8 Å². The van der Waals surface area contributed by atoms with Crippen LogP contribution < -0.4 is 15.8 Å². The largest absolute Gasteiger partial charge is 0.490 e. The first kappa shape index (κ1) is 24.3. The Morgan fingerprint density at radius 3 is 2.68 bits per heavy atom. The molecule has 0 spiro atoms. The molecule has 0 saturated heterocycles. The fourth-order valence-corrected chi connectivity index (χ4v) is 4.58. The minimum Gasteiger partial charge on any atom is -0.490 e. The SMILES string of the molecule is COc1c(N)nc(-c2nn(Cc3ccccc3F)c3c2CCC3)nc1NC(=O)C(OC)c1ccncc1. The van der Waals surface area contributed by atoms with Crippen molar-refractivity contribution in [2.45, 2.75) is 31.9 Å². The summed E-state index contributed by atoms with van der Waals surface area (Å²) in [5.74, 6) is -0.229. The number of carbonyl (C=O) groups is 1. The molecule has 0 saturated carbocycles. The lowest BCUT2D eigenvalue weighted by molar-refractivity contribution is -0.126. The van der Waals surface area contributed by atoms with Crippen LogP contribution in [0.3, 0.4) is 0 Å². The molecule has 3 N–H and O–H groups in total. The van der Waals surface area contributed by atoms with E-state index in [4.69, 9.17) is 20.3 Å². The van der Waals surface area contributed by atoms with Gasteiger partial charge in [-0.3, -0.25) is 14.5 Å². The summed E-state index contributed by atoms with van der Waals surface area (Å²) < 4.78 is 26.9. The van der Waals surface area contributed by atoms with E-state index in [1.807, 2.05) is 0 Å². The number of aromatic nitrogens is 5. The Morgan fingerprint density at radius 1 is 1.16 bits per heavy atom. The Hall–Kier alpha value is -4.38. The number of hydrogen-bond acceptors (Lipinski definition) is 8. The van der Waals surface area contributed by atoms with Gasteiger partial charge in [0.15, 0.2) is 23.6 Å². The number of hydrogen-bond donors (Lipinski definition) is 2. The number of nitrogens with two attached hydrogens (primary N) is 1. The molecule has 1 atom stereocenters. The second-order valence-corrected chi connectivity index (χ2v) is 8.58. The number of pyridine rings is 1. The number of halogens is 1. The fraction of sp³-hybridized carbons (Fsp3) is 0.269. The molecule has 190 valence electrons. The summed E-state index contributed by atoms with van der Waals surface area (Å²) in [7, 11) is 2.86. The van der Waals surface area contributed by atoms with E-state index >= 15 is 0 Å². The lowest BCUT2D eigenvalue weighted by atomic mass is 10.1. The molecule has 11 heteroatoms. The smallest absolute Gasteiger partial charge is 0.259 e. The number of nitrogens with one attached hydrogen (secondary N) is 1. The number of benzene rings is 1.